The number of hydrogen-bond donors (Lipinski definition) is 0. The molecule has 1 aromatic heterocycles. The van der Waals surface area contributed by atoms with Crippen molar-refractivity contribution in [2.75, 3.05) is 0 Å². The van der Waals surface area contributed by atoms with Crippen LogP contribution in [-0.4, -0.2) is 9.78 Å². The summed E-state index contributed by atoms with van der Waals surface area (Å²) in [4.78, 5) is 0. The Bertz CT molecular complexity index is 940. The van der Waals surface area contributed by atoms with Gasteiger partial charge in [-0.1, -0.05) is 76.6 Å². The van der Waals surface area contributed by atoms with Crippen LogP contribution in [0.25, 0.3) is 22.2 Å². The molecule has 0 fully saturated rings. The molecule has 1 heterocycles. The van der Waals surface area contributed by atoms with Crippen LogP contribution in [0, 0.1) is 0 Å². The fourth-order valence-electron chi connectivity index (χ4n) is 2.83. The van der Waals surface area contributed by atoms with E-state index in [9.17, 15) is 0 Å². The van der Waals surface area contributed by atoms with Gasteiger partial charge in [0.25, 0.3) is 0 Å². The van der Waals surface area contributed by atoms with Crippen LogP contribution in [0.5, 0.6) is 0 Å². The van der Waals surface area contributed by atoms with Crippen molar-refractivity contribution in [1.82, 2.24) is 9.78 Å². The van der Waals surface area contributed by atoms with Crippen molar-refractivity contribution in [3.63, 3.8) is 0 Å². The minimum atomic E-state index is 0.776. The lowest BCUT2D eigenvalue weighted by atomic mass is 10.1. The van der Waals surface area contributed by atoms with Crippen LogP contribution in [0.15, 0.2) is 83.3 Å². The number of aromatic nitrogens is 2. The number of benzene rings is 3. The number of hydrogen-bond acceptors (Lipinski definition) is 1. The minimum Gasteiger partial charge on any atom is -0.260 e. The van der Waals surface area contributed by atoms with Crippen LogP contribution >= 0.6 is 15.9 Å². The van der Waals surface area contributed by atoms with Crippen LogP contribution in [0.2, 0.25) is 0 Å². The first kappa shape index (κ1) is 14.2. The molecule has 112 valence electrons. The van der Waals surface area contributed by atoms with Crippen LogP contribution in [0.1, 0.15) is 5.56 Å². The Morgan fingerprint density at radius 2 is 1.48 bits per heavy atom. The Balaban J connectivity index is 1.84. The number of rotatable bonds is 3. The van der Waals surface area contributed by atoms with Crippen molar-refractivity contribution >= 4 is 26.8 Å². The monoisotopic (exact) mass is 362 g/mol. The molecule has 2 nitrogen and oxygen atoms in total. The SMILES string of the molecule is Brc1ccc(-c2nn(Cc3ccccc3)c3ccccc23)cc1. The third-order valence-corrected chi connectivity index (χ3v) is 4.48. The third-order valence-electron chi connectivity index (χ3n) is 3.95. The molecule has 0 saturated carbocycles. The van der Waals surface area contributed by atoms with E-state index in [1.54, 1.807) is 0 Å². The maximum atomic E-state index is 4.89. The van der Waals surface area contributed by atoms with Gasteiger partial charge in [-0.25, -0.2) is 0 Å². The van der Waals surface area contributed by atoms with Crippen LogP contribution < -0.4 is 0 Å². The molecule has 3 aromatic carbocycles. The van der Waals surface area contributed by atoms with Crippen LogP contribution in [0.4, 0.5) is 0 Å². The summed E-state index contributed by atoms with van der Waals surface area (Å²) in [5.74, 6) is 0. The van der Waals surface area contributed by atoms with Crippen molar-refractivity contribution in [2.45, 2.75) is 6.54 Å². The summed E-state index contributed by atoms with van der Waals surface area (Å²) in [6.45, 7) is 0.776. The van der Waals surface area contributed by atoms with Gasteiger partial charge in [-0.2, -0.15) is 5.10 Å². The summed E-state index contributed by atoms with van der Waals surface area (Å²) in [6.07, 6.45) is 0. The summed E-state index contributed by atoms with van der Waals surface area (Å²) >= 11 is 3.49. The van der Waals surface area contributed by atoms with Gasteiger partial charge in [0.1, 0.15) is 5.69 Å². The van der Waals surface area contributed by atoms with Crippen LogP contribution in [0.3, 0.4) is 0 Å². The zero-order chi connectivity index (χ0) is 15.6. The molecular formula is C20H15BrN2. The van der Waals surface area contributed by atoms with Gasteiger partial charge in [0.05, 0.1) is 12.1 Å². The van der Waals surface area contributed by atoms with Crippen molar-refractivity contribution in [3.05, 3.63) is 88.9 Å². The third kappa shape index (κ3) is 2.80. The molecule has 23 heavy (non-hydrogen) atoms. The van der Waals surface area contributed by atoms with Gasteiger partial charge < -0.3 is 0 Å². The predicted molar refractivity (Wildman–Crippen MR) is 98.4 cm³/mol. The molecule has 4 rings (SSSR count). The van der Waals surface area contributed by atoms with Gasteiger partial charge in [-0.3, -0.25) is 4.68 Å². The molecule has 3 heteroatoms. The highest BCUT2D eigenvalue weighted by Gasteiger charge is 2.12. The highest BCUT2D eigenvalue weighted by molar-refractivity contribution is 9.10. The Labute approximate surface area is 143 Å². The highest BCUT2D eigenvalue weighted by Crippen LogP contribution is 2.29. The molecule has 0 aliphatic carbocycles. The molecule has 0 N–H and O–H groups in total. The van der Waals surface area contributed by atoms with E-state index in [0.29, 0.717) is 0 Å². The molecule has 0 atom stereocenters. The quantitative estimate of drug-likeness (QED) is 0.469. The van der Waals surface area contributed by atoms with E-state index in [1.807, 2.05) is 6.07 Å². The first-order valence-corrected chi connectivity index (χ1v) is 8.36. The summed E-state index contributed by atoms with van der Waals surface area (Å²) in [5, 5.41) is 6.07. The molecule has 0 radical (unpaired) electrons. The van der Waals surface area contributed by atoms with E-state index >= 15 is 0 Å². The molecule has 0 aliphatic heterocycles. The lowest BCUT2D eigenvalue weighted by Gasteiger charge is -2.03. The van der Waals surface area contributed by atoms with E-state index in [-0.39, 0.29) is 0 Å². The van der Waals surface area contributed by atoms with E-state index in [2.05, 4.69) is 93.4 Å². The van der Waals surface area contributed by atoms with E-state index < -0.39 is 0 Å². The Morgan fingerprint density at radius 3 is 2.26 bits per heavy atom. The molecule has 4 aromatic rings. The van der Waals surface area contributed by atoms with Crippen molar-refractivity contribution in [1.29, 1.82) is 0 Å². The Kier molecular flexibility index (Phi) is 3.72. The zero-order valence-corrected chi connectivity index (χ0v) is 14.1. The van der Waals surface area contributed by atoms with Crippen LogP contribution in [-0.2, 0) is 6.54 Å². The van der Waals surface area contributed by atoms with Crippen molar-refractivity contribution in [3.8, 4) is 11.3 Å². The topological polar surface area (TPSA) is 17.8 Å². The van der Waals surface area contributed by atoms with Gasteiger partial charge in [-0.05, 0) is 23.8 Å². The summed E-state index contributed by atoms with van der Waals surface area (Å²) in [5.41, 5.74) is 4.58. The second-order valence-electron chi connectivity index (χ2n) is 5.52. The average Bonchev–Trinajstić information content (AvgIpc) is 2.95. The Hall–Kier alpha value is -2.39. The molecule has 0 unspecified atom stereocenters. The first-order chi connectivity index (χ1) is 11.3. The fourth-order valence-corrected chi connectivity index (χ4v) is 3.09. The first-order valence-electron chi connectivity index (χ1n) is 7.57. The predicted octanol–water partition coefficient (Wildman–Crippen LogP) is 5.51. The smallest absolute Gasteiger partial charge is 0.100 e. The lowest BCUT2D eigenvalue weighted by Crippen LogP contribution is -2.01. The van der Waals surface area contributed by atoms with E-state index in [1.165, 1.54) is 10.9 Å². The summed E-state index contributed by atoms with van der Waals surface area (Å²) < 4.78 is 3.16. The normalized spacial score (nSPS) is 11.0. The second kappa shape index (κ2) is 6.01. The number of nitrogens with zero attached hydrogens (tertiary/aromatic N) is 2. The lowest BCUT2D eigenvalue weighted by molar-refractivity contribution is 0.715. The molecule has 0 spiro atoms. The second-order valence-corrected chi connectivity index (χ2v) is 6.43. The minimum absolute atomic E-state index is 0.776. The zero-order valence-electron chi connectivity index (χ0n) is 12.5. The average molecular weight is 363 g/mol. The van der Waals surface area contributed by atoms with Crippen molar-refractivity contribution in [2.24, 2.45) is 0 Å². The maximum Gasteiger partial charge on any atom is 0.100 e. The molecule has 0 saturated heterocycles. The van der Waals surface area contributed by atoms with Gasteiger partial charge in [0.2, 0.25) is 0 Å². The number of fused-ring (bicyclic) bond motifs is 1. The highest BCUT2D eigenvalue weighted by atomic mass is 79.9. The van der Waals surface area contributed by atoms with Gasteiger partial charge >= 0.3 is 0 Å². The molecule has 0 amide bonds. The summed E-state index contributed by atoms with van der Waals surface area (Å²) in [6, 6.07) is 27.2. The summed E-state index contributed by atoms with van der Waals surface area (Å²) in [7, 11) is 0. The standard InChI is InChI=1S/C20H15BrN2/c21-17-12-10-16(11-13-17)20-18-8-4-5-9-19(18)23(22-20)14-15-6-2-1-3-7-15/h1-13H,14H2. The Morgan fingerprint density at radius 1 is 0.783 bits per heavy atom. The maximum absolute atomic E-state index is 4.89. The number of halogens is 1. The molecular weight excluding hydrogens is 348 g/mol. The van der Waals surface area contributed by atoms with E-state index in [4.69, 9.17) is 5.10 Å². The van der Waals surface area contributed by atoms with E-state index in [0.717, 1.165) is 27.8 Å². The molecule has 0 bridgehead atoms. The molecule has 0 aliphatic rings. The largest absolute Gasteiger partial charge is 0.260 e. The van der Waals surface area contributed by atoms with Gasteiger partial charge in [-0.15, -0.1) is 0 Å². The van der Waals surface area contributed by atoms with Crippen molar-refractivity contribution < 1.29 is 0 Å². The fraction of sp³-hybridized carbons (Fsp3) is 0.0500. The van der Waals surface area contributed by atoms with Gasteiger partial charge in [0, 0.05) is 15.4 Å². The van der Waals surface area contributed by atoms with Gasteiger partial charge in [0.15, 0.2) is 0 Å². The number of para-hydroxylation sites is 1.